The lowest BCUT2D eigenvalue weighted by molar-refractivity contribution is 0.0953. The molecule has 6 heteroatoms. The molecule has 0 spiro atoms. The van der Waals surface area contributed by atoms with Crippen LogP contribution in [0.5, 0.6) is 5.75 Å². The third kappa shape index (κ3) is 3.22. The van der Waals surface area contributed by atoms with Gasteiger partial charge in [-0.25, -0.2) is 4.98 Å². The summed E-state index contributed by atoms with van der Waals surface area (Å²) in [5.74, 6) is 1.57. The normalized spacial score (nSPS) is 10.8. The number of nitrogens with zero attached hydrogens (tertiary/aromatic N) is 3. The summed E-state index contributed by atoms with van der Waals surface area (Å²) < 4.78 is 7.16. The second-order valence-corrected chi connectivity index (χ2v) is 5.64. The lowest BCUT2D eigenvalue weighted by atomic mass is 10.1. The molecule has 0 aliphatic carbocycles. The molecule has 0 saturated carbocycles. The fourth-order valence-corrected chi connectivity index (χ4v) is 2.62. The summed E-state index contributed by atoms with van der Waals surface area (Å²) in [6.45, 7) is 2.37. The third-order valence-corrected chi connectivity index (χ3v) is 4.02. The van der Waals surface area contributed by atoms with Crippen molar-refractivity contribution in [3.63, 3.8) is 0 Å². The molecule has 0 bridgehead atoms. The van der Waals surface area contributed by atoms with Crippen molar-refractivity contribution >= 4 is 16.8 Å². The second-order valence-electron chi connectivity index (χ2n) is 5.64. The van der Waals surface area contributed by atoms with Crippen molar-refractivity contribution in [2.75, 3.05) is 13.7 Å². The average molecular weight is 324 g/mol. The Bertz CT molecular complexity index is 886. The van der Waals surface area contributed by atoms with Crippen LogP contribution in [0.25, 0.3) is 10.9 Å². The number of methoxy groups -OCH3 is 1. The van der Waals surface area contributed by atoms with Crippen LogP contribution in [0.2, 0.25) is 0 Å². The standard InChI is InChI=1S/C18H20N4O2/c1-12-15(10-13-4-5-14(24-3)11-16(13)21-12)18(23)20-7-6-17-19-8-9-22(17)2/h4-5,8-11H,6-7H2,1-3H3,(H,20,23). The highest BCUT2D eigenvalue weighted by Crippen LogP contribution is 2.21. The van der Waals surface area contributed by atoms with Crippen LogP contribution in [0.4, 0.5) is 0 Å². The number of ether oxygens (including phenoxy) is 1. The Morgan fingerprint density at radius 3 is 2.88 bits per heavy atom. The van der Waals surface area contributed by atoms with Crippen LogP contribution in [-0.2, 0) is 13.5 Å². The molecule has 3 rings (SSSR count). The number of fused-ring (bicyclic) bond motifs is 1. The van der Waals surface area contributed by atoms with Crippen molar-refractivity contribution in [3.8, 4) is 5.75 Å². The van der Waals surface area contributed by atoms with Crippen molar-refractivity contribution in [3.05, 3.63) is 53.7 Å². The van der Waals surface area contributed by atoms with E-state index in [-0.39, 0.29) is 5.91 Å². The Hall–Kier alpha value is -2.89. The molecule has 0 aliphatic rings. The van der Waals surface area contributed by atoms with Crippen molar-refractivity contribution < 1.29 is 9.53 Å². The van der Waals surface area contributed by atoms with E-state index in [0.29, 0.717) is 24.2 Å². The van der Waals surface area contributed by atoms with Crippen LogP contribution in [0.3, 0.4) is 0 Å². The molecule has 0 aliphatic heterocycles. The van der Waals surface area contributed by atoms with Gasteiger partial charge in [0.05, 0.1) is 23.9 Å². The van der Waals surface area contributed by atoms with Crippen LogP contribution < -0.4 is 10.1 Å². The maximum Gasteiger partial charge on any atom is 0.253 e. The minimum absolute atomic E-state index is 0.119. The zero-order chi connectivity index (χ0) is 17.1. The molecule has 1 N–H and O–H groups in total. The van der Waals surface area contributed by atoms with E-state index in [1.54, 1.807) is 13.3 Å². The molecule has 24 heavy (non-hydrogen) atoms. The van der Waals surface area contributed by atoms with Gasteiger partial charge in [0.2, 0.25) is 0 Å². The highest BCUT2D eigenvalue weighted by atomic mass is 16.5. The first kappa shape index (κ1) is 16.0. The summed E-state index contributed by atoms with van der Waals surface area (Å²) in [5.41, 5.74) is 2.11. The summed E-state index contributed by atoms with van der Waals surface area (Å²) >= 11 is 0. The molecule has 3 aromatic rings. The summed E-state index contributed by atoms with van der Waals surface area (Å²) in [7, 11) is 3.56. The van der Waals surface area contributed by atoms with E-state index in [9.17, 15) is 4.79 Å². The number of benzene rings is 1. The van der Waals surface area contributed by atoms with Gasteiger partial charge in [0.1, 0.15) is 11.6 Å². The number of nitrogens with one attached hydrogen (secondary N) is 1. The maximum absolute atomic E-state index is 12.4. The van der Waals surface area contributed by atoms with Gasteiger partial charge in [0, 0.05) is 43.9 Å². The quantitative estimate of drug-likeness (QED) is 0.781. The number of amides is 1. The van der Waals surface area contributed by atoms with Gasteiger partial charge in [-0.1, -0.05) is 0 Å². The molecule has 0 radical (unpaired) electrons. The first-order valence-corrected chi connectivity index (χ1v) is 7.78. The zero-order valence-corrected chi connectivity index (χ0v) is 14.0. The predicted molar refractivity (Wildman–Crippen MR) is 92.3 cm³/mol. The molecule has 0 saturated heterocycles. The highest BCUT2D eigenvalue weighted by Gasteiger charge is 2.12. The largest absolute Gasteiger partial charge is 0.497 e. The Morgan fingerprint density at radius 1 is 1.33 bits per heavy atom. The number of carbonyl (C=O) groups is 1. The van der Waals surface area contributed by atoms with Crippen LogP contribution in [0.15, 0.2) is 36.7 Å². The van der Waals surface area contributed by atoms with Gasteiger partial charge < -0.3 is 14.6 Å². The molecule has 0 unspecified atom stereocenters. The molecular weight excluding hydrogens is 304 g/mol. The molecule has 124 valence electrons. The van der Waals surface area contributed by atoms with Gasteiger partial charge in [0.25, 0.3) is 5.91 Å². The third-order valence-electron chi connectivity index (χ3n) is 4.02. The Kier molecular flexibility index (Phi) is 4.46. The average Bonchev–Trinajstić information content (AvgIpc) is 2.98. The van der Waals surface area contributed by atoms with E-state index in [0.717, 1.165) is 22.5 Å². The number of imidazole rings is 1. The van der Waals surface area contributed by atoms with Gasteiger partial charge in [-0.15, -0.1) is 0 Å². The first-order valence-electron chi connectivity index (χ1n) is 7.78. The minimum Gasteiger partial charge on any atom is -0.497 e. The van der Waals surface area contributed by atoms with Crippen molar-refractivity contribution in [1.82, 2.24) is 19.9 Å². The molecule has 0 fully saturated rings. The van der Waals surface area contributed by atoms with E-state index in [2.05, 4.69) is 15.3 Å². The Labute approximate surface area is 140 Å². The van der Waals surface area contributed by atoms with E-state index in [4.69, 9.17) is 4.74 Å². The van der Waals surface area contributed by atoms with Crippen molar-refractivity contribution in [1.29, 1.82) is 0 Å². The number of carbonyl (C=O) groups excluding carboxylic acids is 1. The van der Waals surface area contributed by atoms with Crippen molar-refractivity contribution in [2.24, 2.45) is 7.05 Å². The van der Waals surface area contributed by atoms with E-state index >= 15 is 0 Å². The van der Waals surface area contributed by atoms with Gasteiger partial charge >= 0.3 is 0 Å². The van der Waals surface area contributed by atoms with Gasteiger partial charge in [0.15, 0.2) is 0 Å². The lowest BCUT2D eigenvalue weighted by Gasteiger charge is -2.09. The fourth-order valence-electron chi connectivity index (χ4n) is 2.62. The van der Waals surface area contributed by atoms with Gasteiger partial charge in [-0.3, -0.25) is 9.78 Å². The summed E-state index contributed by atoms with van der Waals surface area (Å²) in [6, 6.07) is 7.51. The van der Waals surface area contributed by atoms with E-state index in [1.165, 1.54) is 0 Å². The van der Waals surface area contributed by atoms with E-state index in [1.807, 2.05) is 49.0 Å². The molecule has 1 aromatic carbocycles. The van der Waals surface area contributed by atoms with Crippen LogP contribution >= 0.6 is 0 Å². The van der Waals surface area contributed by atoms with Crippen LogP contribution in [0.1, 0.15) is 21.9 Å². The van der Waals surface area contributed by atoms with Crippen LogP contribution in [-0.4, -0.2) is 34.1 Å². The summed E-state index contributed by atoms with van der Waals surface area (Å²) in [5, 5.41) is 3.85. The van der Waals surface area contributed by atoms with E-state index < -0.39 is 0 Å². The molecular formula is C18H20N4O2. The minimum atomic E-state index is -0.119. The molecule has 2 aromatic heterocycles. The molecule has 0 atom stereocenters. The monoisotopic (exact) mass is 324 g/mol. The number of hydrogen-bond donors (Lipinski definition) is 1. The van der Waals surface area contributed by atoms with Crippen LogP contribution in [0, 0.1) is 6.92 Å². The number of rotatable bonds is 5. The highest BCUT2D eigenvalue weighted by molar-refractivity contribution is 5.98. The number of pyridine rings is 1. The molecule has 1 amide bonds. The maximum atomic E-state index is 12.4. The SMILES string of the molecule is COc1ccc2cc(C(=O)NCCc3nccn3C)c(C)nc2c1. The summed E-state index contributed by atoms with van der Waals surface area (Å²) in [6.07, 6.45) is 4.33. The number of aromatic nitrogens is 3. The Morgan fingerprint density at radius 2 is 2.17 bits per heavy atom. The first-order chi connectivity index (χ1) is 11.6. The topological polar surface area (TPSA) is 69.0 Å². The Balaban J connectivity index is 1.74. The van der Waals surface area contributed by atoms with Crippen molar-refractivity contribution in [2.45, 2.75) is 13.3 Å². The number of aryl methyl sites for hydroxylation is 2. The smallest absolute Gasteiger partial charge is 0.253 e. The van der Waals surface area contributed by atoms with Gasteiger partial charge in [-0.2, -0.15) is 0 Å². The molecule has 2 heterocycles. The predicted octanol–water partition coefficient (Wildman–Crippen LogP) is 2.26. The molecule has 6 nitrogen and oxygen atoms in total. The summed E-state index contributed by atoms with van der Waals surface area (Å²) in [4.78, 5) is 21.2. The second kappa shape index (κ2) is 6.70. The number of hydrogen-bond acceptors (Lipinski definition) is 4. The lowest BCUT2D eigenvalue weighted by Crippen LogP contribution is -2.27. The zero-order valence-electron chi connectivity index (χ0n) is 14.0. The van der Waals surface area contributed by atoms with Gasteiger partial charge in [-0.05, 0) is 25.1 Å². The fraction of sp³-hybridized carbons (Fsp3) is 0.278.